The van der Waals surface area contributed by atoms with E-state index in [4.69, 9.17) is 0 Å². The molecule has 2 rings (SSSR count). The molecule has 14 heavy (non-hydrogen) atoms. The third kappa shape index (κ3) is 2.16. The fraction of sp³-hybridized carbons (Fsp3) is 0.538. The van der Waals surface area contributed by atoms with Crippen molar-refractivity contribution in [3.63, 3.8) is 0 Å². The van der Waals surface area contributed by atoms with E-state index >= 15 is 0 Å². The molecule has 1 nitrogen and oxygen atoms in total. The lowest BCUT2D eigenvalue weighted by atomic mass is 10.0. The van der Waals surface area contributed by atoms with Crippen molar-refractivity contribution < 1.29 is 0 Å². The second-order valence-corrected chi connectivity index (χ2v) is 4.51. The van der Waals surface area contributed by atoms with E-state index in [0.29, 0.717) is 0 Å². The Kier molecular flexibility index (Phi) is 2.87. The van der Waals surface area contributed by atoms with Gasteiger partial charge >= 0.3 is 0 Å². The van der Waals surface area contributed by atoms with Crippen molar-refractivity contribution in [2.75, 3.05) is 20.6 Å². The minimum absolute atomic E-state index is 1.15. The van der Waals surface area contributed by atoms with Crippen LogP contribution in [-0.2, 0) is 19.3 Å². The number of nitrogens with zero attached hydrogens (tertiary/aromatic N) is 1. The number of fused-ring (bicyclic) bond motifs is 1. The van der Waals surface area contributed by atoms with Gasteiger partial charge in [-0.05, 0) is 56.5 Å². The van der Waals surface area contributed by atoms with Crippen LogP contribution in [0.25, 0.3) is 0 Å². The quantitative estimate of drug-likeness (QED) is 0.705. The molecule has 1 aliphatic rings. The summed E-state index contributed by atoms with van der Waals surface area (Å²) in [6.07, 6.45) is 5.13. The van der Waals surface area contributed by atoms with Crippen molar-refractivity contribution in [3.05, 3.63) is 34.9 Å². The summed E-state index contributed by atoms with van der Waals surface area (Å²) in [6.45, 7) is 1.15. The topological polar surface area (TPSA) is 3.24 Å². The zero-order valence-electron chi connectivity index (χ0n) is 9.21. The Morgan fingerprint density at radius 1 is 1.14 bits per heavy atom. The number of likely N-dealkylation sites (N-methyl/N-ethyl adjacent to an activating group) is 1. The summed E-state index contributed by atoms with van der Waals surface area (Å²) in [5, 5.41) is 0. The van der Waals surface area contributed by atoms with E-state index in [1.807, 2.05) is 0 Å². The molecule has 0 saturated carbocycles. The summed E-state index contributed by atoms with van der Waals surface area (Å²) in [5.41, 5.74) is 4.68. The largest absolute Gasteiger partial charge is 0.309 e. The zero-order chi connectivity index (χ0) is 9.97. The summed E-state index contributed by atoms with van der Waals surface area (Å²) in [7, 11) is 4.26. The molecule has 0 aliphatic heterocycles. The molecule has 1 heteroatoms. The first kappa shape index (κ1) is 9.72. The molecule has 76 valence electrons. The van der Waals surface area contributed by atoms with Crippen LogP contribution < -0.4 is 0 Å². The van der Waals surface area contributed by atoms with Crippen LogP contribution in [0.15, 0.2) is 18.2 Å². The van der Waals surface area contributed by atoms with Gasteiger partial charge < -0.3 is 4.90 Å². The highest BCUT2D eigenvalue weighted by Crippen LogP contribution is 2.22. The summed E-state index contributed by atoms with van der Waals surface area (Å²) in [4.78, 5) is 2.24. The Morgan fingerprint density at radius 3 is 2.71 bits per heavy atom. The maximum Gasteiger partial charge on any atom is 0.00157 e. The number of hydrogen-bond donors (Lipinski definition) is 0. The summed E-state index contributed by atoms with van der Waals surface area (Å²) in [6, 6.07) is 7.03. The number of aryl methyl sites for hydroxylation is 2. The van der Waals surface area contributed by atoms with E-state index in [2.05, 4.69) is 37.2 Å². The standard InChI is InChI=1S/C13H19N/c1-14(2)9-8-11-6-7-12-4-3-5-13(12)10-11/h6-7,10H,3-5,8-9H2,1-2H3. The van der Waals surface area contributed by atoms with Crippen molar-refractivity contribution in [2.45, 2.75) is 25.7 Å². The minimum atomic E-state index is 1.15. The van der Waals surface area contributed by atoms with E-state index in [0.717, 1.165) is 6.54 Å². The van der Waals surface area contributed by atoms with Gasteiger partial charge in [-0.15, -0.1) is 0 Å². The molecule has 0 unspecified atom stereocenters. The molecule has 0 saturated heterocycles. The first-order chi connectivity index (χ1) is 6.75. The average molecular weight is 189 g/mol. The van der Waals surface area contributed by atoms with E-state index in [-0.39, 0.29) is 0 Å². The smallest absolute Gasteiger partial charge is 0.00157 e. The average Bonchev–Trinajstić information content (AvgIpc) is 2.61. The predicted octanol–water partition coefficient (Wildman–Crippen LogP) is 2.28. The third-order valence-corrected chi connectivity index (χ3v) is 3.01. The molecule has 0 spiro atoms. The van der Waals surface area contributed by atoms with Crippen LogP contribution in [0.2, 0.25) is 0 Å². The van der Waals surface area contributed by atoms with Gasteiger partial charge in [0.15, 0.2) is 0 Å². The molecule has 0 fully saturated rings. The van der Waals surface area contributed by atoms with Crippen molar-refractivity contribution in [2.24, 2.45) is 0 Å². The summed E-state index contributed by atoms with van der Waals surface area (Å²) in [5.74, 6) is 0. The van der Waals surface area contributed by atoms with Crippen LogP contribution in [0.5, 0.6) is 0 Å². The number of hydrogen-bond acceptors (Lipinski definition) is 1. The van der Waals surface area contributed by atoms with Crippen LogP contribution in [0.1, 0.15) is 23.1 Å². The Balaban J connectivity index is 2.05. The lowest BCUT2D eigenvalue weighted by molar-refractivity contribution is 0.413. The molecule has 0 atom stereocenters. The molecular weight excluding hydrogens is 170 g/mol. The highest BCUT2D eigenvalue weighted by Gasteiger charge is 2.10. The fourth-order valence-electron chi connectivity index (χ4n) is 2.13. The SMILES string of the molecule is CN(C)CCc1ccc2c(c1)CCC2. The molecule has 0 aromatic heterocycles. The van der Waals surface area contributed by atoms with Gasteiger partial charge in [0.2, 0.25) is 0 Å². The van der Waals surface area contributed by atoms with Gasteiger partial charge in [0.25, 0.3) is 0 Å². The van der Waals surface area contributed by atoms with Gasteiger partial charge in [-0.25, -0.2) is 0 Å². The van der Waals surface area contributed by atoms with Gasteiger partial charge in [-0.1, -0.05) is 18.2 Å². The monoisotopic (exact) mass is 189 g/mol. The van der Waals surface area contributed by atoms with Crippen molar-refractivity contribution in [1.82, 2.24) is 4.90 Å². The fourth-order valence-corrected chi connectivity index (χ4v) is 2.13. The van der Waals surface area contributed by atoms with Gasteiger partial charge in [0, 0.05) is 6.54 Å². The molecule has 1 aliphatic carbocycles. The highest BCUT2D eigenvalue weighted by molar-refractivity contribution is 5.35. The molecule has 0 radical (unpaired) electrons. The summed E-state index contributed by atoms with van der Waals surface area (Å²) >= 11 is 0. The Labute approximate surface area is 86.7 Å². The molecule has 0 N–H and O–H groups in total. The molecule has 0 amide bonds. The Morgan fingerprint density at radius 2 is 1.93 bits per heavy atom. The first-order valence-corrected chi connectivity index (χ1v) is 5.51. The zero-order valence-corrected chi connectivity index (χ0v) is 9.21. The highest BCUT2D eigenvalue weighted by atomic mass is 15.0. The van der Waals surface area contributed by atoms with Crippen LogP contribution in [0, 0.1) is 0 Å². The van der Waals surface area contributed by atoms with E-state index in [1.54, 1.807) is 11.1 Å². The maximum absolute atomic E-state index is 2.41. The second kappa shape index (κ2) is 4.14. The van der Waals surface area contributed by atoms with Gasteiger partial charge in [0.05, 0.1) is 0 Å². The van der Waals surface area contributed by atoms with E-state index < -0.39 is 0 Å². The lowest BCUT2D eigenvalue weighted by Crippen LogP contribution is -2.15. The van der Waals surface area contributed by atoms with Crippen LogP contribution in [0.4, 0.5) is 0 Å². The van der Waals surface area contributed by atoms with Crippen molar-refractivity contribution >= 4 is 0 Å². The Bertz CT molecular complexity index is 315. The molecular formula is C13H19N. The predicted molar refractivity (Wildman–Crippen MR) is 60.7 cm³/mol. The maximum atomic E-state index is 2.41. The van der Waals surface area contributed by atoms with Crippen LogP contribution >= 0.6 is 0 Å². The van der Waals surface area contributed by atoms with Crippen molar-refractivity contribution in [3.8, 4) is 0 Å². The molecule has 1 aromatic rings. The molecule has 0 bridgehead atoms. The first-order valence-electron chi connectivity index (χ1n) is 5.51. The van der Waals surface area contributed by atoms with Crippen LogP contribution in [-0.4, -0.2) is 25.5 Å². The second-order valence-electron chi connectivity index (χ2n) is 4.51. The molecule has 0 heterocycles. The number of rotatable bonds is 3. The number of benzene rings is 1. The lowest BCUT2D eigenvalue weighted by Gasteiger charge is -2.10. The molecule has 1 aromatic carbocycles. The third-order valence-electron chi connectivity index (χ3n) is 3.01. The normalized spacial score (nSPS) is 14.8. The van der Waals surface area contributed by atoms with E-state index in [9.17, 15) is 0 Å². The summed E-state index contributed by atoms with van der Waals surface area (Å²) < 4.78 is 0. The van der Waals surface area contributed by atoms with Crippen LogP contribution in [0.3, 0.4) is 0 Å². The van der Waals surface area contributed by atoms with Gasteiger partial charge in [-0.3, -0.25) is 0 Å². The minimum Gasteiger partial charge on any atom is -0.309 e. The Hall–Kier alpha value is -0.820. The van der Waals surface area contributed by atoms with Crippen molar-refractivity contribution in [1.29, 1.82) is 0 Å². The van der Waals surface area contributed by atoms with Gasteiger partial charge in [0.1, 0.15) is 0 Å². The van der Waals surface area contributed by atoms with Gasteiger partial charge in [-0.2, -0.15) is 0 Å². The van der Waals surface area contributed by atoms with E-state index in [1.165, 1.54) is 31.2 Å².